The molecule has 0 amide bonds. The lowest BCUT2D eigenvalue weighted by Crippen LogP contribution is -2.13. The molecule has 0 aliphatic heterocycles. The molecule has 0 N–H and O–H groups in total. The topological polar surface area (TPSA) is 18.5 Å². The van der Waals surface area contributed by atoms with Crippen LogP contribution in [-0.2, 0) is 9.47 Å². The molecule has 0 atom stereocenters. The molecule has 0 aromatic heterocycles. The van der Waals surface area contributed by atoms with Gasteiger partial charge in [0.15, 0.2) is 12.2 Å². The van der Waals surface area contributed by atoms with Crippen molar-refractivity contribution in [3.63, 3.8) is 0 Å². The van der Waals surface area contributed by atoms with Gasteiger partial charge < -0.3 is 9.47 Å². The van der Waals surface area contributed by atoms with Crippen LogP contribution in [0.4, 0.5) is 0 Å². The Morgan fingerprint density at radius 2 is 1.00 bits per heavy atom. The fraction of sp³-hybridized carbons (Fsp3) is 0.833. The van der Waals surface area contributed by atoms with Crippen LogP contribution in [0.5, 0.6) is 0 Å². The van der Waals surface area contributed by atoms with E-state index in [1.165, 1.54) is 0 Å². The number of hydrogen-bond donors (Lipinski definition) is 0. The van der Waals surface area contributed by atoms with Gasteiger partial charge in [-0.05, 0) is 10.8 Å². The van der Waals surface area contributed by atoms with Gasteiger partial charge in [-0.3, -0.25) is 0 Å². The van der Waals surface area contributed by atoms with E-state index in [0.29, 0.717) is 13.2 Å². The first kappa shape index (κ1) is 13.2. The lowest BCUT2D eigenvalue weighted by molar-refractivity contribution is 0.150. The molecule has 0 aliphatic rings. The summed E-state index contributed by atoms with van der Waals surface area (Å²) in [5.41, 5.74) is 0.303. The Labute approximate surface area is 88.0 Å². The summed E-state index contributed by atoms with van der Waals surface area (Å²) in [5, 5.41) is 0. The summed E-state index contributed by atoms with van der Waals surface area (Å²) in [6.45, 7) is 13.9. The second kappa shape index (κ2) is 5.14. The molecule has 0 unspecified atom stereocenters. The van der Waals surface area contributed by atoms with Crippen molar-refractivity contribution < 1.29 is 9.47 Å². The van der Waals surface area contributed by atoms with E-state index in [1.54, 1.807) is 0 Å². The van der Waals surface area contributed by atoms with Crippen molar-refractivity contribution in [1.82, 2.24) is 0 Å². The van der Waals surface area contributed by atoms with Gasteiger partial charge in [0.25, 0.3) is 0 Å². The molecule has 0 rings (SSSR count). The standard InChI is InChI=1S/C12H22O2/c1-11(2,3)9-13-7-8-14-10-12(4,5)6/h9-10H2,1-6H3. The highest BCUT2D eigenvalue weighted by atomic mass is 16.5. The van der Waals surface area contributed by atoms with Gasteiger partial charge in [0.1, 0.15) is 13.2 Å². The predicted molar refractivity (Wildman–Crippen MR) is 58.6 cm³/mol. The zero-order chi connectivity index (χ0) is 11.2. The van der Waals surface area contributed by atoms with Gasteiger partial charge in [-0.25, -0.2) is 0 Å². The maximum Gasteiger partial charge on any atom is 0.154 e. The first-order chi connectivity index (χ1) is 6.21. The zero-order valence-electron chi connectivity index (χ0n) is 10.2. The Bertz CT molecular complexity index is 185. The Kier molecular flexibility index (Phi) is 4.83. The SMILES string of the molecule is CC(C)(C)COC#COCC(C)(C)C. The van der Waals surface area contributed by atoms with Crippen LogP contribution in [0.15, 0.2) is 0 Å². The molecule has 2 heteroatoms. The first-order valence-corrected chi connectivity index (χ1v) is 4.94. The zero-order valence-corrected chi connectivity index (χ0v) is 10.2. The minimum Gasteiger partial charge on any atom is -0.444 e. The minimum absolute atomic E-state index is 0.151. The number of ether oxygens (including phenoxy) is 2. The summed E-state index contributed by atoms with van der Waals surface area (Å²) in [6.07, 6.45) is 5.08. The summed E-state index contributed by atoms with van der Waals surface area (Å²) < 4.78 is 10.3. The van der Waals surface area contributed by atoms with Crippen LogP contribution in [0.3, 0.4) is 0 Å². The fourth-order valence-corrected chi connectivity index (χ4v) is 0.564. The van der Waals surface area contributed by atoms with Crippen LogP contribution < -0.4 is 0 Å². The molecule has 0 saturated carbocycles. The molecule has 0 heterocycles. The first-order valence-electron chi connectivity index (χ1n) is 4.94. The third kappa shape index (κ3) is 11.2. The predicted octanol–water partition coefficient (Wildman–Crippen LogP) is 3.03. The summed E-state index contributed by atoms with van der Waals surface area (Å²) >= 11 is 0. The van der Waals surface area contributed by atoms with Crippen LogP contribution in [0, 0.1) is 23.0 Å². The van der Waals surface area contributed by atoms with Gasteiger partial charge in [-0.1, -0.05) is 41.5 Å². The number of hydrogen-bond acceptors (Lipinski definition) is 2. The van der Waals surface area contributed by atoms with E-state index in [9.17, 15) is 0 Å². The van der Waals surface area contributed by atoms with Crippen molar-refractivity contribution >= 4 is 0 Å². The van der Waals surface area contributed by atoms with E-state index >= 15 is 0 Å². The van der Waals surface area contributed by atoms with Crippen LogP contribution >= 0.6 is 0 Å². The van der Waals surface area contributed by atoms with Crippen molar-refractivity contribution in [2.75, 3.05) is 13.2 Å². The third-order valence-electron chi connectivity index (χ3n) is 1.20. The van der Waals surface area contributed by atoms with E-state index in [4.69, 9.17) is 9.47 Å². The molecule has 0 aliphatic carbocycles. The van der Waals surface area contributed by atoms with Crippen molar-refractivity contribution in [3.8, 4) is 12.2 Å². The van der Waals surface area contributed by atoms with Gasteiger partial charge >= 0.3 is 0 Å². The molecule has 0 aromatic rings. The summed E-state index contributed by atoms with van der Waals surface area (Å²) in [4.78, 5) is 0. The van der Waals surface area contributed by atoms with Gasteiger partial charge in [-0.2, -0.15) is 0 Å². The highest BCUT2D eigenvalue weighted by Gasteiger charge is 2.10. The van der Waals surface area contributed by atoms with Crippen LogP contribution in [0.2, 0.25) is 0 Å². The number of rotatable bonds is 2. The van der Waals surface area contributed by atoms with Gasteiger partial charge in [0.05, 0.1) is 0 Å². The maximum absolute atomic E-state index is 5.13. The molecule has 0 radical (unpaired) electrons. The largest absolute Gasteiger partial charge is 0.444 e. The Morgan fingerprint density at radius 3 is 1.21 bits per heavy atom. The summed E-state index contributed by atoms with van der Waals surface area (Å²) in [7, 11) is 0. The molecule has 0 spiro atoms. The molecule has 0 bridgehead atoms. The lowest BCUT2D eigenvalue weighted by atomic mass is 9.99. The summed E-state index contributed by atoms with van der Waals surface area (Å²) in [5.74, 6) is 0. The van der Waals surface area contributed by atoms with Crippen LogP contribution in [-0.4, -0.2) is 13.2 Å². The van der Waals surface area contributed by atoms with E-state index < -0.39 is 0 Å². The van der Waals surface area contributed by atoms with E-state index in [-0.39, 0.29) is 10.8 Å². The quantitative estimate of drug-likeness (QED) is 0.635. The summed E-state index contributed by atoms with van der Waals surface area (Å²) in [6, 6.07) is 0. The highest BCUT2D eigenvalue weighted by Crippen LogP contribution is 2.13. The van der Waals surface area contributed by atoms with Gasteiger partial charge in [0, 0.05) is 0 Å². The highest BCUT2D eigenvalue weighted by molar-refractivity contribution is 4.82. The normalized spacial score (nSPS) is 11.6. The van der Waals surface area contributed by atoms with Crippen molar-refractivity contribution in [3.05, 3.63) is 0 Å². The van der Waals surface area contributed by atoms with Crippen molar-refractivity contribution in [2.24, 2.45) is 10.8 Å². The van der Waals surface area contributed by atoms with Crippen molar-refractivity contribution in [1.29, 1.82) is 0 Å². The maximum atomic E-state index is 5.13. The molecular formula is C12H22O2. The molecule has 82 valence electrons. The smallest absolute Gasteiger partial charge is 0.154 e. The monoisotopic (exact) mass is 198 g/mol. The van der Waals surface area contributed by atoms with E-state index in [2.05, 4.69) is 53.8 Å². The van der Waals surface area contributed by atoms with Crippen LogP contribution in [0.25, 0.3) is 0 Å². The van der Waals surface area contributed by atoms with Gasteiger partial charge in [-0.15, -0.1) is 0 Å². The molecule has 0 fully saturated rings. The van der Waals surface area contributed by atoms with E-state index in [1.807, 2.05) is 0 Å². The van der Waals surface area contributed by atoms with Crippen LogP contribution in [0.1, 0.15) is 41.5 Å². The Hall–Kier alpha value is -0.840. The molecular weight excluding hydrogens is 176 g/mol. The molecule has 0 aromatic carbocycles. The average Bonchev–Trinajstić information content (AvgIpc) is 1.92. The average molecular weight is 198 g/mol. The molecule has 0 saturated heterocycles. The second-order valence-corrected chi connectivity index (χ2v) is 5.90. The Morgan fingerprint density at radius 1 is 0.714 bits per heavy atom. The third-order valence-corrected chi connectivity index (χ3v) is 1.20. The van der Waals surface area contributed by atoms with E-state index in [0.717, 1.165) is 0 Å². The van der Waals surface area contributed by atoms with Gasteiger partial charge in [0.2, 0.25) is 0 Å². The minimum atomic E-state index is 0.151. The molecule has 2 nitrogen and oxygen atoms in total. The van der Waals surface area contributed by atoms with Crippen molar-refractivity contribution in [2.45, 2.75) is 41.5 Å². The second-order valence-electron chi connectivity index (χ2n) is 5.90. The fourth-order valence-electron chi connectivity index (χ4n) is 0.564. The Balaban J connectivity index is 3.56. The molecule has 14 heavy (non-hydrogen) atoms. The lowest BCUT2D eigenvalue weighted by Gasteiger charge is -2.16.